The van der Waals surface area contributed by atoms with Gasteiger partial charge < -0.3 is 10.6 Å². The van der Waals surface area contributed by atoms with Crippen molar-refractivity contribution in [2.45, 2.75) is 25.0 Å². The van der Waals surface area contributed by atoms with Crippen LogP contribution in [0.4, 0.5) is 0 Å². The molecule has 5 heteroatoms. The summed E-state index contributed by atoms with van der Waals surface area (Å²) in [6, 6.07) is 14.7. The first-order chi connectivity index (χ1) is 10.6. The van der Waals surface area contributed by atoms with Gasteiger partial charge in [0, 0.05) is 23.7 Å². The van der Waals surface area contributed by atoms with Crippen LogP contribution >= 0.6 is 34.8 Å². The molecule has 1 aliphatic rings. The average molecular weight is 356 g/mol. The Kier molecular flexibility index (Phi) is 5.27. The molecule has 0 saturated carbocycles. The van der Waals surface area contributed by atoms with Gasteiger partial charge in [-0.1, -0.05) is 65.1 Å². The van der Waals surface area contributed by atoms with Gasteiger partial charge in [-0.3, -0.25) is 0 Å². The molecule has 0 aliphatic carbocycles. The minimum absolute atomic E-state index is 0.314. The lowest BCUT2D eigenvalue weighted by atomic mass is 10.0. The summed E-state index contributed by atoms with van der Waals surface area (Å²) >= 11 is 18.4. The van der Waals surface area contributed by atoms with Crippen molar-refractivity contribution in [2.75, 3.05) is 6.54 Å². The molecule has 2 nitrogen and oxygen atoms in total. The minimum Gasteiger partial charge on any atom is -0.309 e. The molecular formula is C17H17Cl3N2. The van der Waals surface area contributed by atoms with Crippen molar-refractivity contribution in [2.24, 2.45) is 0 Å². The molecule has 116 valence electrons. The molecule has 0 amide bonds. The third kappa shape index (κ3) is 3.58. The minimum atomic E-state index is 0.314. The second-order valence-corrected chi connectivity index (χ2v) is 6.70. The summed E-state index contributed by atoms with van der Waals surface area (Å²) in [7, 11) is 0. The quantitative estimate of drug-likeness (QED) is 0.767. The molecule has 22 heavy (non-hydrogen) atoms. The fourth-order valence-electron chi connectivity index (χ4n) is 2.91. The largest absolute Gasteiger partial charge is 0.309 e. The first kappa shape index (κ1) is 16.1. The normalized spacial score (nSPS) is 21.2. The Bertz CT molecular complexity index is 646. The molecule has 0 spiro atoms. The summed E-state index contributed by atoms with van der Waals surface area (Å²) in [4.78, 5) is 0. The van der Waals surface area contributed by atoms with Gasteiger partial charge in [0.05, 0.1) is 10.0 Å². The van der Waals surface area contributed by atoms with Gasteiger partial charge in [0.2, 0.25) is 0 Å². The zero-order valence-electron chi connectivity index (χ0n) is 12.0. The highest BCUT2D eigenvalue weighted by Gasteiger charge is 2.27. The van der Waals surface area contributed by atoms with Crippen molar-refractivity contribution >= 4 is 34.8 Å². The van der Waals surface area contributed by atoms with Gasteiger partial charge in [0.15, 0.2) is 0 Å². The van der Waals surface area contributed by atoms with Gasteiger partial charge in [0.25, 0.3) is 0 Å². The van der Waals surface area contributed by atoms with E-state index in [1.165, 1.54) is 5.56 Å². The molecule has 0 bridgehead atoms. The summed E-state index contributed by atoms with van der Waals surface area (Å²) < 4.78 is 0. The molecule has 3 rings (SSSR count). The first-order valence-electron chi connectivity index (χ1n) is 7.30. The van der Waals surface area contributed by atoms with E-state index >= 15 is 0 Å². The lowest BCUT2D eigenvalue weighted by Crippen LogP contribution is -2.34. The monoisotopic (exact) mass is 354 g/mol. The van der Waals surface area contributed by atoms with E-state index in [1.54, 1.807) is 6.07 Å². The highest BCUT2D eigenvalue weighted by molar-refractivity contribution is 6.43. The van der Waals surface area contributed by atoms with Crippen LogP contribution in [0.1, 0.15) is 23.6 Å². The summed E-state index contributed by atoms with van der Waals surface area (Å²) in [5.74, 6) is 0. The number of rotatable bonds is 4. The number of hydrogen-bond donors (Lipinski definition) is 2. The number of benzene rings is 2. The van der Waals surface area contributed by atoms with Crippen LogP contribution in [-0.4, -0.2) is 12.6 Å². The molecule has 0 radical (unpaired) electrons. The van der Waals surface area contributed by atoms with Crippen molar-refractivity contribution in [1.82, 2.24) is 10.6 Å². The molecule has 2 aromatic rings. The smallest absolute Gasteiger partial charge is 0.0638 e. The van der Waals surface area contributed by atoms with E-state index in [0.29, 0.717) is 33.7 Å². The summed E-state index contributed by atoms with van der Waals surface area (Å²) in [6.45, 7) is 1.65. The van der Waals surface area contributed by atoms with Crippen molar-refractivity contribution in [3.63, 3.8) is 0 Å². The van der Waals surface area contributed by atoms with Crippen LogP contribution in [0.5, 0.6) is 0 Å². The number of hydrogen-bond acceptors (Lipinski definition) is 2. The number of nitrogens with one attached hydrogen (secondary N) is 2. The Hall–Kier alpha value is -0.770. The molecule has 1 aliphatic heterocycles. The van der Waals surface area contributed by atoms with Crippen LogP contribution in [0.2, 0.25) is 15.1 Å². The lowest BCUT2D eigenvalue weighted by molar-refractivity contribution is 0.461. The second-order valence-electron chi connectivity index (χ2n) is 5.48. The van der Waals surface area contributed by atoms with Gasteiger partial charge >= 0.3 is 0 Å². The molecule has 1 fully saturated rings. The lowest BCUT2D eigenvalue weighted by Gasteiger charge is -2.22. The molecular weight excluding hydrogens is 339 g/mol. The third-order valence-electron chi connectivity index (χ3n) is 4.00. The van der Waals surface area contributed by atoms with Gasteiger partial charge in [-0.15, -0.1) is 0 Å². The molecule has 2 atom stereocenters. The van der Waals surface area contributed by atoms with Crippen molar-refractivity contribution in [3.8, 4) is 0 Å². The fourth-order valence-corrected chi connectivity index (χ4v) is 3.62. The third-order valence-corrected chi connectivity index (χ3v) is 5.06. The zero-order chi connectivity index (χ0) is 15.5. The van der Waals surface area contributed by atoms with Gasteiger partial charge in [0.1, 0.15) is 0 Å². The topological polar surface area (TPSA) is 24.1 Å². The van der Waals surface area contributed by atoms with Gasteiger partial charge in [-0.05, 0) is 36.2 Å². The second kappa shape index (κ2) is 7.20. The SMILES string of the molecule is Clc1cc(Cl)c(Cl)c(CN[C@@H]2CCN[C@@H]2c2ccccc2)c1. The maximum Gasteiger partial charge on any atom is 0.0638 e. The zero-order valence-corrected chi connectivity index (χ0v) is 14.2. The standard InChI is InChI=1S/C17H17Cl3N2/c18-13-8-12(16(20)14(19)9-13)10-22-15-6-7-21-17(15)11-4-2-1-3-5-11/h1-5,8-9,15,17,21-22H,6-7,10H2/t15-,17-/m1/s1. The van der Waals surface area contributed by atoms with Crippen LogP contribution in [0.25, 0.3) is 0 Å². The maximum absolute atomic E-state index is 6.26. The van der Waals surface area contributed by atoms with E-state index in [-0.39, 0.29) is 0 Å². The number of halogens is 3. The molecule has 1 saturated heterocycles. The van der Waals surface area contributed by atoms with E-state index in [4.69, 9.17) is 34.8 Å². The fraction of sp³-hybridized carbons (Fsp3) is 0.294. The molecule has 0 unspecified atom stereocenters. The Labute approximate surface area is 145 Å². The summed E-state index contributed by atoms with van der Waals surface area (Å²) in [6.07, 6.45) is 1.07. The first-order valence-corrected chi connectivity index (χ1v) is 8.43. The van der Waals surface area contributed by atoms with Crippen molar-refractivity contribution < 1.29 is 0 Å². The molecule has 1 heterocycles. The molecule has 2 aromatic carbocycles. The Morgan fingerprint density at radius 3 is 2.64 bits per heavy atom. The highest BCUT2D eigenvalue weighted by atomic mass is 35.5. The van der Waals surface area contributed by atoms with Crippen LogP contribution in [-0.2, 0) is 6.54 Å². The average Bonchev–Trinajstić information content (AvgIpc) is 2.99. The van der Waals surface area contributed by atoms with Crippen molar-refractivity contribution in [3.05, 3.63) is 68.7 Å². The highest BCUT2D eigenvalue weighted by Crippen LogP contribution is 2.30. The van der Waals surface area contributed by atoms with Crippen LogP contribution in [0.15, 0.2) is 42.5 Å². The Balaban J connectivity index is 1.71. The summed E-state index contributed by atoms with van der Waals surface area (Å²) in [5.41, 5.74) is 2.23. The predicted molar refractivity (Wildman–Crippen MR) is 93.9 cm³/mol. The van der Waals surface area contributed by atoms with Crippen LogP contribution < -0.4 is 10.6 Å². The Morgan fingerprint density at radius 1 is 1.09 bits per heavy atom. The van der Waals surface area contributed by atoms with Gasteiger partial charge in [-0.2, -0.15) is 0 Å². The van der Waals surface area contributed by atoms with E-state index in [0.717, 1.165) is 18.5 Å². The van der Waals surface area contributed by atoms with E-state index in [1.807, 2.05) is 12.1 Å². The molecule has 2 N–H and O–H groups in total. The van der Waals surface area contributed by atoms with E-state index in [2.05, 4.69) is 34.9 Å². The molecule has 0 aromatic heterocycles. The maximum atomic E-state index is 6.26. The Morgan fingerprint density at radius 2 is 1.86 bits per heavy atom. The summed E-state index contributed by atoms with van der Waals surface area (Å²) in [5, 5.41) is 8.80. The predicted octanol–water partition coefficient (Wildman–Crippen LogP) is 4.84. The van der Waals surface area contributed by atoms with Crippen LogP contribution in [0, 0.1) is 0 Å². The van der Waals surface area contributed by atoms with E-state index in [9.17, 15) is 0 Å². The van der Waals surface area contributed by atoms with Crippen LogP contribution in [0.3, 0.4) is 0 Å². The van der Waals surface area contributed by atoms with Gasteiger partial charge in [-0.25, -0.2) is 0 Å². The van der Waals surface area contributed by atoms with E-state index < -0.39 is 0 Å². The van der Waals surface area contributed by atoms with Crippen molar-refractivity contribution in [1.29, 1.82) is 0 Å².